The predicted octanol–water partition coefficient (Wildman–Crippen LogP) is 4.58. The average Bonchev–Trinajstić information content (AvgIpc) is 2.75. The van der Waals surface area contributed by atoms with E-state index in [-0.39, 0.29) is 28.8 Å². The molecule has 0 saturated heterocycles. The maximum Gasteiger partial charge on any atom is 0.309 e. The van der Waals surface area contributed by atoms with Gasteiger partial charge in [-0.2, -0.15) is 0 Å². The van der Waals surface area contributed by atoms with Crippen molar-refractivity contribution < 1.29 is 19.4 Å². The normalized spacial score (nSPS) is 49.9. The van der Waals surface area contributed by atoms with E-state index in [2.05, 4.69) is 13.5 Å². The van der Waals surface area contributed by atoms with E-state index in [4.69, 9.17) is 4.74 Å². The highest BCUT2D eigenvalue weighted by molar-refractivity contribution is 5.75. The number of aliphatic carboxylic acids is 1. The Labute approximate surface area is 156 Å². The molecule has 1 spiro atoms. The first-order chi connectivity index (χ1) is 12.1. The van der Waals surface area contributed by atoms with Crippen molar-refractivity contribution >= 4 is 11.9 Å². The van der Waals surface area contributed by atoms with Gasteiger partial charge in [0, 0.05) is 12.3 Å². The molecular weight excluding hydrogens is 328 g/mol. The smallest absolute Gasteiger partial charge is 0.309 e. The van der Waals surface area contributed by atoms with Gasteiger partial charge in [-0.25, -0.2) is 0 Å². The van der Waals surface area contributed by atoms with Gasteiger partial charge >= 0.3 is 11.9 Å². The molecule has 0 unspecified atom stereocenters. The third-order valence-corrected chi connectivity index (χ3v) is 8.95. The van der Waals surface area contributed by atoms with E-state index in [0.29, 0.717) is 11.8 Å². The molecule has 26 heavy (non-hydrogen) atoms. The molecule has 144 valence electrons. The quantitative estimate of drug-likeness (QED) is 0.578. The molecule has 0 aromatic rings. The molecule has 2 bridgehead atoms. The van der Waals surface area contributed by atoms with E-state index >= 15 is 0 Å². The lowest BCUT2D eigenvalue weighted by atomic mass is 9.40. The first kappa shape index (κ1) is 18.1. The second kappa shape index (κ2) is 5.59. The third-order valence-electron chi connectivity index (χ3n) is 8.95. The van der Waals surface area contributed by atoms with Gasteiger partial charge in [-0.15, -0.1) is 0 Å². The molecule has 0 aliphatic heterocycles. The lowest BCUT2D eigenvalue weighted by Crippen LogP contribution is -2.60. The fourth-order valence-corrected chi connectivity index (χ4v) is 7.95. The summed E-state index contributed by atoms with van der Waals surface area (Å²) in [6.07, 6.45) is 7.86. The predicted molar refractivity (Wildman–Crippen MR) is 98.4 cm³/mol. The minimum Gasteiger partial charge on any atom is -0.481 e. The summed E-state index contributed by atoms with van der Waals surface area (Å²) >= 11 is 0. The van der Waals surface area contributed by atoms with Gasteiger partial charge < -0.3 is 9.84 Å². The summed E-state index contributed by atoms with van der Waals surface area (Å²) in [6, 6.07) is 0. The number of hydrogen-bond acceptors (Lipinski definition) is 3. The van der Waals surface area contributed by atoms with Crippen LogP contribution in [0, 0.1) is 34.0 Å². The Kier molecular flexibility index (Phi) is 3.88. The zero-order chi connectivity index (χ0) is 18.9. The maximum absolute atomic E-state index is 12.2. The van der Waals surface area contributed by atoms with Gasteiger partial charge in [0.1, 0.15) is 6.10 Å². The van der Waals surface area contributed by atoms with Gasteiger partial charge in [-0.3, -0.25) is 9.59 Å². The summed E-state index contributed by atoms with van der Waals surface area (Å²) in [5.41, 5.74) is 0.477. The Hall–Kier alpha value is -1.32. The number of hydrogen-bond donors (Lipinski definition) is 1. The Morgan fingerprint density at radius 3 is 2.50 bits per heavy atom. The summed E-state index contributed by atoms with van der Waals surface area (Å²) in [7, 11) is 0. The number of carboxylic acids is 1. The van der Waals surface area contributed by atoms with Gasteiger partial charge in [-0.1, -0.05) is 19.9 Å². The summed E-state index contributed by atoms with van der Waals surface area (Å²) in [5, 5.41) is 10.0. The van der Waals surface area contributed by atoms with Gasteiger partial charge in [0.15, 0.2) is 0 Å². The standard InChI is InChI=1S/C22H32O4/c1-13-15-6-7-17-20(3)9-5-10-21(4,19(24)25)16(20)8-11-22(17,12-15)18(13)26-14(2)23/h15-18H,1,5-12H2,2-4H3,(H,24,25)/t15-,16-,17-,18-,20+,21+,22+/m0/s1. The highest BCUT2D eigenvalue weighted by Gasteiger charge is 2.68. The molecule has 4 aliphatic rings. The number of carbonyl (C=O) groups excluding carboxylic acids is 1. The highest BCUT2D eigenvalue weighted by atomic mass is 16.5. The van der Waals surface area contributed by atoms with Crippen LogP contribution in [-0.4, -0.2) is 23.1 Å². The van der Waals surface area contributed by atoms with Crippen molar-refractivity contribution in [2.75, 3.05) is 0 Å². The van der Waals surface area contributed by atoms with Crippen LogP contribution in [0.4, 0.5) is 0 Å². The van der Waals surface area contributed by atoms with Crippen molar-refractivity contribution in [2.45, 2.75) is 78.2 Å². The lowest BCUT2D eigenvalue weighted by molar-refractivity contribution is -0.195. The zero-order valence-corrected chi connectivity index (χ0v) is 16.3. The van der Waals surface area contributed by atoms with E-state index in [1.54, 1.807) is 0 Å². The molecule has 4 aliphatic carbocycles. The molecule has 4 nitrogen and oxygen atoms in total. The first-order valence-electron chi connectivity index (χ1n) is 10.2. The number of ether oxygens (including phenoxy) is 1. The Morgan fingerprint density at radius 1 is 1.12 bits per heavy atom. The molecule has 0 aromatic carbocycles. The van der Waals surface area contributed by atoms with E-state index in [1.165, 1.54) is 6.92 Å². The lowest BCUT2D eigenvalue weighted by Gasteiger charge is -2.63. The summed E-state index contributed by atoms with van der Waals surface area (Å²) < 4.78 is 5.87. The Morgan fingerprint density at radius 2 is 1.85 bits per heavy atom. The van der Waals surface area contributed by atoms with Gasteiger partial charge in [0.25, 0.3) is 0 Å². The van der Waals surface area contributed by atoms with Crippen molar-refractivity contribution in [1.82, 2.24) is 0 Å². The molecule has 4 saturated carbocycles. The van der Waals surface area contributed by atoms with Crippen LogP contribution in [-0.2, 0) is 14.3 Å². The highest BCUT2D eigenvalue weighted by Crippen LogP contribution is 2.72. The number of esters is 1. The summed E-state index contributed by atoms with van der Waals surface area (Å²) in [5.74, 6) is 0.242. The molecule has 0 radical (unpaired) electrons. The maximum atomic E-state index is 12.2. The number of rotatable bonds is 2. The number of fused-ring (bicyclic) bond motifs is 3. The molecule has 7 atom stereocenters. The molecule has 1 N–H and O–H groups in total. The van der Waals surface area contributed by atoms with Crippen molar-refractivity contribution in [1.29, 1.82) is 0 Å². The molecule has 4 fully saturated rings. The number of carboxylic acid groups (broad SMARTS) is 1. The van der Waals surface area contributed by atoms with Crippen LogP contribution in [0.25, 0.3) is 0 Å². The minimum absolute atomic E-state index is 0.0115. The van der Waals surface area contributed by atoms with Gasteiger partial charge in [0.2, 0.25) is 0 Å². The van der Waals surface area contributed by atoms with E-state index in [9.17, 15) is 14.7 Å². The van der Waals surface area contributed by atoms with E-state index in [1.807, 2.05) is 6.92 Å². The van der Waals surface area contributed by atoms with Crippen molar-refractivity contribution in [3.05, 3.63) is 12.2 Å². The van der Waals surface area contributed by atoms with Crippen LogP contribution in [0.1, 0.15) is 72.1 Å². The summed E-state index contributed by atoms with van der Waals surface area (Å²) in [4.78, 5) is 24.0. The Bertz CT molecular complexity index is 669. The van der Waals surface area contributed by atoms with Crippen LogP contribution < -0.4 is 0 Å². The van der Waals surface area contributed by atoms with Crippen LogP contribution in [0.15, 0.2) is 12.2 Å². The Balaban J connectivity index is 1.77. The largest absolute Gasteiger partial charge is 0.481 e. The molecule has 4 heteroatoms. The third kappa shape index (κ3) is 2.13. The zero-order valence-electron chi connectivity index (χ0n) is 16.3. The van der Waals surface area contributed by atoms with E-state index < -0.39 is 11.4 Å². The fourth-order valence-electron chi connectivity index (χ4n) is 7.95. The topological polar surface area (TPSA) is 63.6 Å². The second-order valence-corrected chi connectivity index (χ2v) is 10.0. The van der Waals surface area contributed by atoms with Crippen LogP contribution in [0.3, 0.4) is 0 Å². The van der Waals surface area contributed by atoms with Crippen LogP contribution in [0.2, 0.25) is 0 Å². The average molecular weight is 360 g/mol. The fraction of sp³-hybridized carbons (Fsp3) is 0.818. The number of carbonyl (C=O) groups is 2. The van der Waals surface area contributed by atoms with Crippen LogP contribution >= 0.6 is 0 Å². The van der Waals surface area contributed by atoms with Crippen molar-refractivity contribution in [3.8, 4) is 0 Å². The van der Waals surface area contributed by atoms with Crippen LogP contribution in [0.5, 0.6) is 0 Å². The minimum atomic E-state index is -0.634. The van der Waals surface area contributed by atoms with Gasteiger partial charge in [0.05, 0.1) is 5.41 Å². The van der Waals surface area contributed by atoms with Crippen molar-refractivity contribution in [3.63, 3.8) is 0 Å². The van der Waals surface area contributed by atoms with Gasteiger partial charge in [-0.05, 0) is 80.6 Å². The first-order valence-corrected chi connectivity index (χ1v) is 10.2. The van der Waals surface area contributed by atoms with E-state index in [0.717, 1.165) is 56.9 Å². The molecule has 0 aromatic heterocycles. The molecule has 0 amide bonds. The monoisotopic (exact) mass is 360 g/mol. The molecule has 0 heterocycles. The molecular formula is C22H32O4. The SMILES string of the molecule is C=C1[C@H]2CC[C@H]3[C@]4(C)CCC[C@@](C)(C(=O)O)[C@H]4CC[C@]3(C2)[C@H]1OC(C)=O. The summed E-state index contributed by atoms with van der Waals surface area (Å²) in [6.45, 7) is 10.1. The second-order valence-electron chi connectivity index (χ2n) is 10.0. The molecule has 4 rings (SSSR count). The van der Waals surface area contributed by atoms with Crippen molar-refractivity contribution in [2.24, 2.45) is 34.0 Å².